The van der Waals surface area contributed by atoms with Crippen LogP contribution in [0.5, 0.6) is 0 Å². The Morgan fingerprint density at radius 2 is 1.79 bits per heavy atom. The summed E-state index contributed by atoms with van der Waals surface area (Å²) in [5.74, 6) is -0.605. The fourth-order valence-electron chi connectivity index (χ4n) is 4.68. The minimum Gasteiger partial charge on any atom is -0.479 e. The fraction of sp³-hybridized carbons (Fsp3) is 0.478. The van der Waals surface area contributed by atoms with E-state index < -0.39 is 36.6 Å². The fourth-order valence-corrected chi connectivity index (χ4v) is 5.72. The number of anilines is 2. The van der Waals surface area contributed by atoms with Crippen LogP contribution in [0.15, 0.2) is 35.3 Å². The van der Waals surface area contributed by atoms with Gasteiger partial charge in [-0.15, -0.1) is 11.3 Å². The number of aliphatic hydroxyl groups excluding tert-OH is 3. The van der Waals surface area contributed by atoms with Gasteiger partial charge in [-0.2, -0.15) is 0 Å². The molecule has 10 nitrogen and oxygen atoms in total. The van der Waals surface area contributed by atoms with E-state index in [-0.39, 0.29) is 0 Å². The third-order valence-corrected chi connectivity index (χ3v) is 7.60. The van der Waals surface area contributed by atoms with Gasteiger partial charge in [0.05, 0.1) is 16.9 Å². The van der Waals surface area contributed by atoms with E-state index in [1.807, 2.05) is 37.3 Å². The number of ether oxygens (including phenoxy) is 1. The van der Waals surface area contributed by atoms with Crippen LogP contribution in [0.4, 0.5) is 16.4 Å². The van der Waals surface area contributed by atoms with Crippen molar-refractivity contribution in [2.45, 2.75) is 37.6 Å². The summed E-state index contributed by atoms with van der Waals surface area (Å²) in [6, 6.07) is 9.41. The number of benzene rings is 1. The summed E-state index contributed by atoms with van der Waals surface area (Å²) in [7, 11) is 2.09. The number of nitrogens with zero attached hydrogens (tertiary/aromatic N) is 4. The number of rotatable bonds is 2. The third-order valence-electron chi connectivity index (χ3n) is 6.55. The zero-order valence-corrected chi connectivity index (χ0v) is 19.7. The number of amidine groups is 1. The lowest BCUT2D eigenvalue weighted by atomic mass is 9.97. The molecule has 0 spiro atoms. The Bertz CT molecular complexity index is 1110. The first-order chi connectivity index (χ1) is 16.3. The van der Waals surface area contributed by atoms with Crippen LogP contribution in [0.25, 0.3) is 0 Å². The Balaban J connectivity index is 1.65. The second-order valence-electron chi connectivity index (χ2n) is 8.92. The highest BCUT2D eigenvalue weighted by atomic mass is 32.1. The number of aliphatic imine (C=N–C) groups is 1. The number of carbonyl (C=O) groups is 1. The van der Waals surface area contributed by atoms with E-state index in [0.717, 1.165) is 47.5 Å². The Labute approximate surface area is 200 Å². The number of likely N-dealkylation sites (N-methyl/N-ethyl adjacent to an activating group) is 1. The Hall–Kier alpha value is -2.54. The monoisotopic (exact) mass is 488 g/mol. The number of fused-ring (bicyclic) bond motifs is 2. The van der Waals surface area contributed by atoms with Crippen LogP contribution < -0.4 is 4.90 Å². The molecule has 3 aliphatic rings. The number of aryl methyl sites for hydroxylation is 1. The summed E-state index contributed by atoms with van der Waals surface area (Å²) in [6.45, 7) is 5.39. The maximum absolute atomic E-state index is 11.8. The summed E-state index contributed by atoms with van der Waals surface area (Å²) < 4.78 is 5.76. The summed E-state index contributed by atoms with van der Waals surface area (Å²) in [4.78, 5) is 24.0. The third kappa shape index (κ3) is 3.88. The first-order valence-corrected chi connectivity index (χ1v) is 12.0. The van der Waals surface area contributed by atoms with Crippen LogP contribution >= 0.6 is 11.3 Å². The van der Waals surface area contributed by atoms with Crippen molar-refractivity contribution in [2.24, 2.45) is 4.99 Å². The topological polar surface area (TPSA) is 129 Å². The number of hydrogen-bond acceptors (Lipinski definition) is 10. The van der Waals surface area contributed by atoms with Crippen LogP contribution in [-0.2, 0) is 9.53 Å². The first-order valence-electron chi connectivity index (χ1n) is 11.2. The molecule has 4 heterocycles. The molecule has 2 saturated heterocycles. The van der Waals surface area contributed by atoms with E-state index in [0.29, 0.717) is 11.4 Å². The largest absolute Gasteiger partial charge is 0.479 e. The predicted molar refractivity (Wildman–Crippen MR) is 127 cm³/mol. The highest BCUT2D eigenvalue weighted by Gasteiger charge is 2.50. The van der Waals surface area contributed by atoms with Gasteiger partial charge in [-0.25, -0.2) is 9.79 Å². The highest BCUT2D eigenvalue weighted by Crippen LogP contribution is 2.47. The van der Waals surface area contributed by atoms with Crippen molar-refractivity contribution in [2.75, 3.05) is 38.1 Å². The molecule has 34 heavy (non-hydrogen) atoms. The van der Waals surface area contributed by atoms with E-state index in [9.17, 15) is 25.2 Å². The van der Waals surface area contributed by atoms with Gasteiger partial charge in [0.15, 0.2) is 12.3 Å². The van der Waals surface area contributed by atoms with Gasteiger partial charge in [0.2, 0.25) is 0 Å². The molecule has 5 atom stereocenters. The number of aliphatic hydroxyl groups is 3. The SMILES string of the molecule is Cc1cc2c(s1)N([C@@H]1O[C@H](C(=O)O)[C@H](O)[C@@H](O)[C@@H]1O)c1ccccc1N=C2N1CCN(C)CC1. The molecule has 0 bridgehead atoms. The smallest absolute Gasteiger partial charge is 0.335 e. The Morgan fingerprint density at radius 3 is 2.50 bits per heavy atom. The molecule has 2 aromatic rings. The number of thiophene rings is 1. The average molecular weight is 489 g/mol. The van der Waals surface area contributed by atoms with E-state index in [4.69, 9.17) is 9.73 Å². The molecule has 0 saturated carbocycles. The lowest BCUT2D eigenvalue weighted by Gasteiger charge is -2.44. The summed E-state index contributed by atoms with van der Waals surface area (Å²) >= 11 is 1.48. The quantitative estimate of drug-likeness (QED) is 0.483. The van der Waals surface area contributed by atoms with Crippen LogP contribution in [-0.4, -0.2) is 106 Å². The van der Waals surface area contributed by atoms with E-state index in [1.54, 1.807) is 4.90 Å². The van der Waals surface area contributed by atoms with Gasteiger partial charge >= 0.3 is 5.97 Å². The van der Waals surface area contributed by atoms with Gasteiger partial charge < -0.3 is 39.9 Å². The lowest BCUT2D eigenvalue weighted by Crippen LogP contribution is -2.63. The van der Waals surface area contributed by atoms with E-state index >= 15 is 0 Å². The molecule has 0 amide bonds. The molecule has 2 fully saturated rings. The van der Waals surface area contributed by atoms with Crippen molar-refractivity contribution >= 4 is 39.5 Å². The zero-order chi connectivity index (χ0) is 24.1. The van der Waals surface area contributed by atoms with Crippen molar-refractivity contribution < 1.29 is 30.0 Å². The van der Waals surface area contributed by atoms with Crippen LogP contribution in [0.3, 0.4) is 0 Å². The minimum atomic E-state index is -1.76. The molecule has 1 aromatic heterocycles. The molecule has 0 radical (unpaired) electrons. The molecule has 11 heteroatoms. The Morgan fingerprint density at radius 1 is 1.09 bits per heavy atom. The standard InChI is InChI=1S/C23H28N4O6S/c1-12-11-13-20(26-9-7-25(2)8-10-26)24-14-5-3-4-6-15(14)27(22(13)34-12)21-18(30)16(28)17(29)19(33-21)23(31)32/h3-6,11,16-19,21,28-30H,7-10H2,1-2H3,(H,31,32)/t16-,17-,18+,19+,21-/m1/s1. The van der Waals surface area contributed by atoms with Gasteiger partial charge in [-0.05, 0) is 32.2 Å². The molecule has 0 unspecified atom stereocenters. The number of carboxylic acid groups (broad SMARTS) is 1. The molecule has 0 aliphatic carbocycles. The maximum atomic E-state index is 11.8. The molecule has 4 N–H and O–H groups in total. The van der Waals surface area contributed by atoms with Gasteiger partial charge in [-0.3, -0.25) is 0 Å². The molecule has 3 aliphatic heterocycles. The van der Waals surface area contributed by atoms with Crippen molar-refractivity contribution in [3.05, 3.63) is 40.8 Å². The summed E-state index contributed by atoms with van der Waals surface area (Å²) in [5, 5.41) is 42.0. The Kier molecular flexibility index (Phi) is 6.09. The van der Waals surface area contributed by atoms with Crippen molar-refractivity contribution in [1.82, 2.24) is 9.80 Å². The normalized spacial score (nSPS) is 29.8. The number of para-hydroxylation sites is 2. The van der Waals surface area contributed by atoms with Gasteiger partial charge in [-0.1, -0.05) is 12.1 Å². The highest BCUT2D eigenvalue weighted by molar-refractivity contribution is 7.16. The van der Waals surface area contributed by atoms with Crippen LogP contribution in [0.1, 0.15) is 10.4 Å². The van der Waals surface area contributed by atoms with Crippen LogP contribution in [0, 0.1) is 6.92 Å². The van der Waals surface area contributed by atoms with Crippen molar-refractivity contribution in [3.8, 4) is 0 Å². The number of carboxylic acids is 1. The summed E-state index contributed by atoms with van der Waals surface area (Å²) in [6.07, 6.45) is -7.95. The van der Waals surface area contributed by atoms with Crippen LogP contribution in [0.2, 0.25) is 0 Å². The average Bonchev–Trinajstić information content (AvgIpc) is 3.13. The zero-order valence-electron chi connectivity index (χ0n) is 18.9. The van der Waals surface area contributed by atoms with E-state index in [2.05, 4.69) is 16.8 Å². The van der Waals surface area contributed by atoms with Gasteiger partial charge in [0.25, 0.3) is 0 Å². The van der Waals surface area contributed by atoms with E-state index in [1.165, 1.54) is 11.3 Å². The molecule has 5 rings (SSSR count). The molecular formula is C23H28N4O6S. The number of piperazine rings is 1. The number of aliphatic carboxylic acids is 1. The first kappa shape index (κ1) is 23.2. The van der Waals surface area contributed by atoms with Gasteiger partial charge in [0.1, 0.15) is 29.1 Å². The number of hydrogen-bond donors (Lipinski definition) is 4. The molecule has 1 aromatic carbocycles. The predicted octanol–water partition coefficient (Wildman–Crippen LogP) is 0.726. The second kappa shape index (κ2) is 8.91. The van der Waals surface area contributed by atoms with Crippen molar-refractivity contribution in [1.29, 1.82) is 0 Å². The minimum absolute atomic E-state index is 0.617. The molecule has 182 valence electrons. The molecular weight excluding hydrogens is 460 g/mol. The summed E-state index contributed by atoms with van der Waals surface area (Å²) in [5.41, 5.74) is 2.11. The van der Waals surface area contributed by atoms with Gasteiger partial charge in [0, 0.05) is 31.1 Å². The second-order valence-corrected chi connectivity index (χ2v) is 10.2. The lowest BCUT2D eigenvalue weighted by molar-refractivity contribution is -0.225. The maximum Gasteiger partial charge on any atom is 0.335 e. The van der Waals surface area contributed by atoms with Crippen molar-refractivity contribution in [3.63, 3.8) is 0 Å².